The van der Waals surface area contributed by atoms with Gasteiger partial charge in [0, 0.05) is 18.3 Å². The first-order valence-electron chi connectivity index (χ1n) is 7.71. The number of H-pyrrole nitrogens is 1. The Hall–Kier alpha value is -2.87. The zero-order valence-electron chi connectivity index (χ0n) is 13.6. The summed E-state index contributed by atoms with van der Waals surface area (Å²) in [6, 6.07) is 8.13. The molecule has 2 aromatic carbocycles. The molecule has 3 rings (SSSR count). The van der Waals surface area contributed by atoms with Gasteiger partial charge in [-0.2, -0.15) is 5.10 Å². The first kappa shape index (κ1) is 18.9. The van der Waals surface area contributed by atoms with Crippen molar-refractivity contribution in [2.45, 2.75) is 13.0 Å². The normalized spacial score (nSPS) is 11.0. The van der Waals surface area contributed by atoms with Crippen LogP contribution >= 0.6 is 11.6 Å². The van der Waals surface area contributed by atoms with Crippen molar-refractivity contribution in [3.63, 3.8) is 0 Å². The van der Waals surface area contributed by atoms with Crippen LogP contribution in [0.1, 0.15) is 28.0 Å². The lowest BCUT2D eigenvalue weighted by Crippen LogP contribution is -2.24. The van der Waals surface area contributed by atoms with Crippen LogP contribution in [0.15, 0.2) is 42.6 Å². The molecule has 1 heterocycles. The number of carbonyl (C=O) groups excluding carboxylic acids is 1. The van der Waals surface area contributed by atoms with Gasteiger partial charge in [0.2, 0.25) is 0 Å². The summed E-state index contributed by atoms with van der Waals surface area (Å²) in [5.41, 5.74) is -0.0740. The molecule has 1 aromatic heterocycles. The number of halogens is 5. The molecule has 140 valence electrons. The fourth-order valence-electron chi connectivity index (χ4n) is 2.59. The topological polar surface area (TPSA) is 57.8 Å². The van der Waals surface area contributed by atoms with Gasteiger partial charge in [-0.05, 0) is 29.3 Å². The molecule has 0 aliphatic heterocycles. The zero-order valence-corrected chi connectivity index (χ0v) is 14.3. The molecule has 3 aromatic rings. The first-order valence-corrected chi connectivity index (χ1v) is 8.09. The maximum atomic E-state index is 14.3. The second-order valence-corrected chi connectivity index (χ2v) is 5.97. The van der Waals surface area contributed by atoms with Crippen molar-refractivity contribution in [3.8, 4) is 11.1 Å². The summed E-state index contributed by atoms with van der Waals surface area (Å²) >= 11 is 5.78. The summed E-state index contributed by atoms with van der Waals surface area (Å²) in [7, 11) is 0. The van der Waals surface area contributed by atoms with Crippen molar-refractivity contribution >= 4 is 17.5 Å². The number of hydrogen-bond donors (Lipinski definition) is 2. The molecule has 0 saturated carbocycles. The summed E-state index contributed by atoms with van der Waals surface area (Å²) in [6.07, 6.45) is -1.89. The van der Waals surface area contributed by atoms with Crippen molar-refractivity contribution in [3.05, 3.63) is 76.1 Å². The monoisotopic (exact) mass is 397 g/mol. The molecule has 1 amide bonds. The molecule has 9 heteroatoms. The Morgan fingerprint density at radius 2 is 1.96 bits per heavy atom. The Balaban J connectivity index is 1.88. The van der Waals surface area contributed by atoms with Gasteiger partial charge in [0.25, 0.3) is 12.3 Å². The van der Waals surface area contributed by atoms with E-state index in [-0.39, 0.29) is 22.7 Å². The lowest BCUT2D eigenvalue weighted by atomic mass is 9.99. The van der Waals surface area contributed by atoms with Crippen LogP contribution in [-0.4, -0.2) is 16.1 Å². The van der Waals surface area contributed by atoms with E-state index in [0.29, 0.717) is 11.1 Å². The van der Waals surface area contributed by atoms with E-state index < -0.39 is 29.7 Å². The quantitative estimate of drug-likeness (QED) is 0.603. The Bertz CT molecular complexity index is 990. The van der Waals surface area contributed by atoms with Crippen LogP contribution < -0.4 is 5.32 Å². The van der Waals surface area contributed by atoms with Gasteiger partial charge in [0.15, 0.2) is 0 Å². The maximum Gasteiger partial charge on any atom is 0.282 e. The average Bonchev–Trinajstić information content (AvgIpc) is 3.13. The summed E-state index contributed by atoms with van der Waals surface area (Å²) in [5.74, 6) is -2.06. The number of amides is 1. The SMILES string of the molecule is O=C(NCc1c(F)cccc1-c1ccc(F)c(Cl)c1)c1c[nH]nc1C(F)F. The predicted molar refractivity (Wildman–Crippen MR) is 91.5 cm³/mol. The van der Waals surface area contributed by atoms with Gasteiger partial charge in [0.1, 0.15) is 17.3 Å². The third-order valence-corrected chi connectivity index (χ3v) is 4.19. The molecular weight excluding hydrogens is 386 g/mol. The molecule has 2 N–H and O–H groups in total. The molecule has 0 unspecified atom stereocenters. The third kappa shape index (κ3) is 3.95. The molecule has 27 heavy (non-hydrogen) atoms. The molecule has 0 aliphatic carbocycles. The molecule has 0 fully saturated rings. The minimum atomic E-state index is -2.93. The van der Waals surface area contributed by atoms with Gasteiger partial charge in [-0.3, -0.25) is 9.89 Å². The summed E-state index contributed by atoms with van der Waals surface area (Å²) in [4.78, 5) is 12.2. The van der Waals surface area contributed by atoms with Gasteiger partial charge >= 0.3 is 0 Å². The Morgan fingerprint density at radius 1 is 1.19 bits per heavy atom. The van der Waals surface area contributed by atoms with Crippen molar-refractivity contribution in [1.29, 1.82) is 0 Å². The number of benzene rings is 2. The van der Waals surface area contributed by atoms with Crippen LogP contribution in [-0.2, 0) is 6.54 Å². The van der Waals surface area contributed by atoms with Gasteiger partial charge in [-0.25, -0.2) is 17.6 Å². The van der Waals surface area contributed by atoms with Gasteiger partial charge in [-0.15, -0.1) is 0 Å². The molecule has 0 spiro atoms. The minimum Gasteiger partial charge on any atom is -0.348 e. The van der Waals surface area contributed by atoms with Crippen LogP contribution in [0.2, 0.25) is 5.02 Å². The van der Waals surface area contributed by atoms with Crippen molar-refractivity contribution in [2.75, 3.05) is 0 Å². The summed E-state index contributed by atoms with van der Waals surface area (Å²) in [6.45, 7) is -0.274. The molecule has 0 saturated heterocycles. The number of nitrogens with zero attached hydrogens (tertiary/aromatic N) is 1. The number of aromatic nitrogens is 2. The summed E-state index contributed by atoms with van der Waals surface area (Å²) < 4.78 is 53.4. The number of hydrogen-bond acceptors (Lipinski definition) is 2. The van der Waals surface area contributed by atoms with Gasteiger partial charge in [-0.1, -0.05) is 29.8 Å². The number of rotatable bonds is 5. The van der Waals surface area contributed by atoms with Crippen molar-refractivity contribution in [2.24, 2.45) is 0 Å². The van der Waals surface area contributed by atoms with E-state index in [0.717, 1.165) is 12.3 Å². The van der Waals surface area contributed by atoms with E-state index in [1.807, 2.05) is 0 Å². The van der Waals surface area contributed by atoms with Crippen LogP contribution in [0.4, 0.5) is 17.6 Å². The van der Waals surface area contributed by atoms with Crippen molar-refractivity contribution < 1.29 is 22.4 Å². The highest BCUT2D eigenvalue weighted by Crippen LogP contribution is 2.29. The van der Waals surface area contributed by atoms with E-state index in [1.54, 1.807) is 6.07 Å². The Morgan fingerprint density at radius 3 is 2.67 bits per heavy atom. The van der Waals surface area contributed by atoms with E-state index in [9.17, 15) is 22.4 Å². The molecule has 0 atom stereocenters. The first-order chi connectivity index (χ1) is 12.9. The van der Waals surface area contributed by atoms with E-state index in [1.165, 1.54) is 24.3 Å². The van der Waals surface area contributed by atoms with Gasteiger partial charge in [0.05, 0.1) is 10.6 Å². The highest BCUT2D eigenvalue weighted by molar-refractivity contribution is 6.31. The smallest absolute Gasteiger partial charge is 0.282 e. The predicted octanol–water partition coefficient (Wildman–Crippen LogP) is 4.88. The van der Waals surface area contributed by atoms with E-state index in [2.05, 4.69) is 15.5 Å². The lowest BCUT2D eigenvalue weighted by molar-refractivity contribution is 0.0936. The number of alkyl halides is 2. The largest absolute Gasteiger partial charge is 0.348 e. The minimum absolute atomic E-state index is 0.107. The molecular formula is C18H12ClF4N3O. The fraction of sp³-hybridized carbons (Fsp3) is 0.111. The van der Waals surface area contributed by atoms with E-state index >= 15 is 0 Å². The van der Waals surface area contributed by atoms with Crippen LogP contribution in [0.5, 0.6) is 0 Å². The summed E-state index contributed by atoms with van der Waals surface area (Å²) in [5, 5.41) is 7.80. The fourth-order valence-corrected chi connectivity index (χ4v) is 2.77. The number of nitrogens with one attached hydrogen (secondary N) is 2. The number of carbonyl (C=O) groups is 1. The molecule has 0 aliphatic rings. The van der Waals surface area contributed by atoms with Gasteiger partial charge < -0.3 is 5.32 Å². The lowest BCUT2D eigenvalue weighted by Gasteiger charge is -2.13. The zero-order chi connectivity index (χ0) is 19.6. The average molecular weight is 398 g/mol. The van der Waals surface area contributed by atoms with Crippen LogP contribution in [0.3, 0.4) is 0 Å². The van der Waals surface area contributed by atoms with E-state index in [4.69, 9.17) is 11.6 Å². The number of aromatic amines is 1. The molecule has 0 radical (unpaired) electrons. The van der Waals surface area contributed by atoms with Crippen LogP contribution in [0, 0.1) is 11.6 Å². The maximum absolute atomic E-state index is 14.3. The standard InChI is InChI=1S/C18H12ClF4N3O/c19-13-6-9(4-5-15(13)21)10-2-1-3-14(20)11(10)7-24-18(27)12-8-25-26-16(12)17(22)23/h1-6,8,17H,7H2,(H,24,27)(H,25,26). The third-order valence-electron chi connectivity index (χ3n) is 3.90. The van der Waals surface area contributed by atoms with Crippen LogP contribution in [0.25, 0.3) is 11.1 Å². The van der Waals surface area contributed by atoms with Crippen molar-refractivity contribution in [1.82, 2.24) is 15.5 Å². The Labute approximate surface area is 156 Å². The second-order valence-electron chi connectivity index (χ2n) is 5.56. The molecule has 4 nitrogen and oxygen atoms in total. The highest BCUT2D eigenvalue weighted by Gasteiger charge is 2.22. The second kappa shape index (κ2) is 7.79. The molecule has 0 bridgehead atoms. The Kier molecular flexibility index (Phi) is 5.46. The highest BCUT2D eigenvalue weighted by atomic mass is 35.5.